The Morgan fingerprint density at radius 1 is 1.53 bits per heavy atom. The summed E-state index contributed by atoms with van der Waals surface area (Å²) in [5.41, 5.74) is 0. The monoisotopic (exact) mass is 214 g/mol. The van der Waals surface area contributed by atoms with Crippen LogP contribution in [0.5, 0.6) is 0 Å². The normalized spacial score (nSPS) is 32.7. The third kappa shape index (κ3) is 2.44. The van der Waals surface area contributed by atoms with Gasteiger partial charge in [0.1, 0.15) is 0 Å². The molecular formula is C11H18O4. The van der Waals surface area contributed by atoms with E-state index in [4.69, 9.17) is 9.84 Å². The molecule has 1 aliphatic heterocycles. The van der Waals surface area contributed by atoms with Crippen LogP contribution in [0.1, 0.15) is 20.8 Å². The van der Waals surface area contributed by atoms with Gasteiger partial charge in [0.05, 0.1) is 12.7 Å². The zero-order chi connectivity index (χ0) is 11.6. The van der Waals surface area contributed by atoms with Crippen molar-refractivity contribution in [3.63, 3.8) is 0 Å². The van der Waals surface area contributed by atoms with Gasteiger partial charge in [-0.2, -0.15) is 0 Å². The van der Waals surface area contributed by atoms with Gasteiger partial charge < -0.3 is 9.84 Å². The number of rotatable bonds is 4. The third-order valence-corrected chi connectivity index (χ3v) is 3.25. The van der Waals surface area contributed by atoms with Crippen LogP contribution in [-0.2, 0) is 14.3 Å². The highest BCUT2D eigenvalue weighted by Gasteiger charge is 2.39. The Balaban J connectivity index is 2.66. The average molecular weight is 214 g/mol. The van der Waals surface area contributed by atoms with Crippen LogP contribution in [0.25, 0.3) is 0 Å². The van der Waals surface area contributed by atoms with E-state index in [1.54, 1.807) is 6.92 Å². The molecule has 15 heavy (non-hydrogen) atoms. The summed E-state index contributed by atoms with van der Waals surface area (Å²) in [4.78, 5) is 22.4. The molecule has 0 amide bonds. The molecule has 0 radical (unpaired) electrons. The summed E-state index contributed by atoms with van der Waals surface area (Å²) in [6.07, 6.45) is -0.237. The van der Waals surface area contributed by atoms with E-state index in [-0.39, 0.29) is 30.3 Å². The van der Waals surface area contributed by atoms with E-state index < -0.39 is 11.7 Å². The van der Waals surface area contributed by atoms with Crippen molar-refractivity contribution in [1.82, 2.24) is 0 Å². The SMILES string of the molecule is CC(=O)C(=O)C(C)C1OC[C@@H](CO)[C@@H]1C. The molecule has 0 aromatic rings. The third-order valence-electron chi connectivity index (χ3n) is 3.25. The Labute approximate surface area is 89.6 Å². The molecule has 1 N–H and O–H groups in total. The van der Waals surface area contributed by atoms with Gasteiger partial charge in [-0.25, -0.2) is 0 Å². The Morgan fingerprint density at radius 2 is 2.13 bits per heavy atom. The molecular weight excluding hydrogens is 196 g/mol. The number of carbonyl (C=O) groups excluding carboxylic acids is 2. The van der Waals surface area contributed by atoms with Crippen LogP contribution in [0.15, 0.2) is 0 Å². The number of ether oxygens (including phenoxy) is 1. The Morgan fingerprint density at radius 3 is 2.53 bits per heavy atom. The molecule has 0 aromatic carbocycles. The number of hydrogen-bond acceptors (Lipinski definition) is 4. The predicted molar refractivity (Wildman–Crippen MR) is 54.3 cm³/mol. The molecule has 1 rings (SSSR count). The fourth-order valence-corrected chi connectivity index (χ4v) is 2.09. The second-order valence-electron chi connectivity index (χ2n) is 4.31. The van der Waals surface area contributed by atoms with Crippen LogP contribution in [0, 0.1) is 17.8 Å². The Kier molecular flexibility index (Phi) is 3.99. The first kappa shape index (κ1) is 12.3. The van der Waals surface area contributed by atoms with Gasteiger partial charge in [0, 0.05) is 25.4 Å². The summed E-state index contributed by atoms with van der Waals surface area (Å²) in [6, 6.07) is 0. The number of aliphatic hydroxyl groups excluding tert-OH is 1. The van der Waals surface area contributed by atoms with E-state index in [0.29, 0.717) is 6.61 Å². The van der Waals surface area contributed by atoms with Crippen molar-refractivity contribution in [1.29, 1.82) is 0 Å². The lowest BCUT2D eigenvalue weighted by atomic mass is 9.84. The van der Waals surface area contributed by atoms with Crippen LogP contribution in [0.4, 0.5) is 0 Å². The number of carbonyl (C=O) groups is 2. The van der Waals surface area contributed by atoms with Gasteiger partial charge in [-0.05, 0) is 5.92 Å². The fraction of sp³-hybridized carbons (Fsp3) is 0.818. The number of hydrogen-bond donors (Lipinski definition) is 1. The summed E-state index contributed by atoms with van der Waals surface area (Å²) in [6.45, 7) is 5.48. The second kappa shape index (κ2) is 4.86. The molecule has 4 atom stereocenters. The van der Waals surface area contributed by atoms with Crippen molar-refractivity contribution >= 4 is 11.6 Å². The van der Waals surface area contributed by atoms with Gasteiger partial charge in [0.15, 0.2) is 5.78 Å². The lowest BCUT2D eigenvalue weighted by molar-refractivity contribution is -0.140. The lowest BCUT2D eigenvalue weighted by Crippen LogP contribution is -2.34. The standard InChI is InChI=1S/C11H18O4/c1-6-9(4-12)5-15-11(6)7(2)10(14)8(3)13/h6-7,9,11-12H,4-5H2,1-3H3/t6-,7?,9+,11?/m0/s1. The maximum Gasteiger partial charge on any atom is 0.203 e. The van der Waals surface area contributed by atoms with Gasteiger partial charge in [-0.3, -0.25) is 9.59 Å². The van der Waals surface area contributed by atoms with E-state index >= 15 is 0 Å². The topological polar surface area (TPSA) is 63.6 Å². The van der Waals surface area contributed by atoms with Crippen molar-refractivity contribution in [2.24, 2.45) is 17.8 Å². The summed E-state index contributed by atoms with van der Waals surface area (Å²) in [5, 5.41) is 9.05. The minimum Gasteiger partial charge on any atom is -0.396 e. The Bertz CT molecular complexity index is 261. The first-order chi connectivity index (χ1) is 6.99. The van der Waals surface area contributed by atoms with Gasteiger partial charge in [-0.15, -0.1) is 0 Å². The Hall–Kier alpha value is -0.740. The summed E-state index contributed by atoms with van der Waals surface area (Å²) >= 11 is 0. The zero-order valence-corrected chi connectivity index (χ0v) is 9.40. The van der Waals surface area contributed by atoms with Crippen molar-refractivity contribution in [2.45, 2.75) is 26.9 Å². The molecule has 0 spiro atoms. The predicted octanol–water partition coefficient (Wildman–Crippen LogP) is 0.424. The smallest absolute Gasteiger partial charge is 0.203 e. The van der Waals surface area contributed by atoms with E-state index in [0.717, 1.165) is 0 Å². The van der Waals surface area contributed by atoms with Gasteiger partial charge >= 0.3 is 0 Å². The van der Waals surface area contributed by atoms with Gasteiger partial charge in [-0.1, -0.05) is 13.8 Å². The maximum atomic E-state index is 11.5. The molecule has 4 nitrogen and oxygen atoms in total. The van der Waals surface area contributed by atoms with Gasteiger partial charge in [0.2, 0.25) is 5.78 Å². The van der Waals surface area contributed by atoms with Crippen molar-refractivity contribution in [2.75, 3.05) is 13.2 Å². The molecule has 1 aliphatic rings. The summed E-state index contributed by atoms with van der Waals surface area (Å²) in [5.74, 6) is -1.02. The van der Waals surface area contributed by atoms with E-state index in [1.807, 2.05) is 6.92 Å². The molecule has 0 aromatic heterocycles. The summed E-state index contributed by atoms with van der Waals surface area (Å²) in [7, 11) is 0. The largest absolute Gasteiger partial charge is 0.396 e. The van der Waals surface area contributed by atoms with Crippen LogP contribution in [-0.4, -0.2) is 36.0 Å². The lowest BCUT2D eigenvalue weighted by Gasteiger charge is -2.21. The highest BCUT2D eigenvalue weighted by Crippen LogP contribution is 2.31. The molecule has 1 heterocycles. The van der Waals surface area contributed by atoms with Crippen LogP contribution < -0.4 is 0 Å². The molecule has 0 bridgehead atoms. The second-order valence-corrected chi connectivity index (χ2v) is 4.31. The molecule has 2 unspecified atom stereocenters. The van der Waals surface area contributed by atoms with Crippen molar-refractivity contribution < 1.29 is 19.4 Å². The van der Waals surface area contributed by atoms with Crippen LogP contribution >= 0.6 is 0 Å². The molecule has 86 valence electrons. The molecule has 1 fully saturated rings. The first-order valence-electron chi connectivity index (χ1n) is 5.26. The van der Waals surface area contributed by atoms with Crippen LogP contribution in [0.3, 0.4) is 0 Å². The number of aliphatic hydroxyl groups is 1. The molecule has 4 heteroatoms. The molecule has 0 saturated carbocycles. The quantitative estimate of drug-likeness (QED) is 0.689. The summed E-state index contributed by atoms with van der Waals surface area (Å²) < 4.78 is 5.47. The minimum absolute atomic E-state index is 0.0681. The molecule has 1 saturated heterocycles. The first-order valence-corrected chi connectivity index (χ1v) is 5.26. The van der Waals surface area contributed by atoms with E-state index in [2.05, 4.69) is 0 Å². The molecule has 0 aliphatic carbocycles. The number of ketones is 2. The highest BCUT2D eigenvalue weighted by molar-refractivity contribution is 6.37. The van der Waals surface area contributed by atoms with E-state index in [9.17, 15) is 9.59 Å². The van der Waals surface area contributed by atoms with Gasteiger partial charge in [0.25, 0.3) is 0 Å². The maximum absolute atomic E-state index is 11.5. The highest BCUT2D eigenvalue weighted by atomic mass is 16.5. The number of Topliss-reactive ketones (excluding diaryl/α,β-unsaturated/α-hetero) is 2. The fourth-order valence-electron chi connectivity index (χ4n) is 2.09. The van der Waals surface area contributed by atoms with Crippen LogP contribution in [0.2, 0.25) is 0 Å². The van der Waals surface area contributed by atoms with Crippen molar-refractivity contribution in [3.05, 3.63) is 0 Å². The minimum atomic E-state index is -0.425. The zero-order valence-electron chi connectivity index (χ0n) is 9.40. The average Bonchev–Trinajstić information content (AvgIpc) is 2.57. The van der Waals surface area contributed by atoms with E-state index in [1.165, 1.54) is 6.92 Å². The van der Waals surface area contributed by atoms with Crippen molar-refractivity contribution in [3.8, 4) is 0 Å².